The van der Waals surface area contributed by atoms with Gasteiger partial charge in [-0.1, -0.05) is 25.5 Å². The van der Waals surface area contributed by atoms with Crippen molar-refractivity contribution < 1.29 is 9.53 Å². The molecule has 0 aromatic heterocycles. The van der Waals surface area contributed by atoms with E-state index in [2.05, 4.69) is 12.2 Å². The van der Waals surface area contributed by atoms with Gasteiger partial charge in [0, 0.05) is 18.8 Å². The second kappa shape index (κ2) is 8.53. The number of carbonyl (C=O) groups excluding carboxylic acids is 1. The highest BCUT2D eigenvalue weighted by molar-refractivity contribution is 5.69. The highest BCUT2D eigenvalue weighted by Crippen LogP contribution is 2.04. The zero-order valence-corrected chi connectivity index (χ0v) is 10.9. The second-order valence-electron chi connectivity index (χ2n) is 4.24. The number of hydrogen-bond acceptors (Lipinski definition) is 4. The van der Waals surface area contributed by atoms with Gasteiger partial charge < -0.3 is 15.8 Å². The zero-order valence-electron chi connectivity index (χ0n) is 10.9. The number of rotatable bonds is 8. The molecule has 0 spiro atoms. The summed E-state index contributed by atoms with van der Waals surface area (Å²) in [6.45, 7) is 3.98. The molecule has 0 aliphatic heterocycles. The maximum atomic E-state index is 11.3. The van der Waals surface area contributed by atoms with E-state index in [1.807, 2.05) is 24.3 Å². The predicted molar refractivity (Wildman–Crippen MR) is 73.0 cm³/mol. The van der Waals surface area contributed by atoms with Crippen molar-refractivity contribution in [1.82, 2.24) is 5.32 Å². The first-order valence-electron chi connectivity index (χ1n) is 6.43. The van der Waals surface area contributed by atoms with Crippen LogP contribution >= 0.6 is 0 Å². The summed E-state index contributed by atoms with van der Waals surface area (Å²) in [6, 6.07) is 7.69. The summed E-state index contributed by atoms with van der Waals surface area (Å²) < 4.78 is 5.05. The van der Waals surface area contributed by atoms with Crippen LogP contribution in [0.1, 0.15) is 31.7 Å². The normalized spacial score (nSPS) is 10.3. The van der Waals surface area contributed by atoms with Crippen LogP contribution in [0, 0.1) is 0 Å². The summed E-state index contributed by atoms with van der Waals surface area (Å²) in [5.41, 5.74) is 7.52. The van der Waals surface area contributed by atoms with Crippen LogP contribution in [0.5, 0.6) is 0 Å². The first kappa shape index (κ1) is 14.5. The Bertz CT molecular complexity index is 349. The Hall–Kier alpha value is -1.55. The lowest BCUT2D eigenvalue weighted by atomic mass is 10.2. The minimum absolute atomic E-state index is 0.131. The van der Waals surface area contributed by atoms with E-state index in [0.29, 0.717) is 19.6 Å². The summed E-state index contributed by atoms with van der Waals surface area (Å²) >= 11 is 0. The molecule has 0 unspecified atom stereocenters. The number of ether oxygens (including phenoxy) is 1. The van der Waals surface area contributed by atoms with Crippen molar-refractivity contribution in [1.29, 1.82) is 0 Å². The van der Waals surface area contributed by atoms with Gasteiger partial charge in [0.2, 0.25) is 0 Å². The van der Waals surface area contributed by atoms with E-state index in [-0.39, 0.29) is 5.97 Å². The average molecular weight is 250 g/mol. The molecule has 0 aliphatic rings. The zero-order chi connectivity index (χ0) is 13.2. The minimum atomic E-state index is -0.131. The lowest BCUT2D eigenvalue weighted by Gasteiger charge is -2.06. The number of anilines is 1. The van der Waals surface area contributed by atoms with Crippen molar-refractivity contribution in [3.05, 3.63) is 29.8 Å². The van der Waals surface area contributed by atoms with Gasteiger partial charge >= 0.3 is 5.97 Å². The van der Waals surface area contributed by atoms with Gasteiger partial charge in [-0.05, 0) is 24.1 Å². The molecule has 0 amide bonds. The topological polar surface area (TPSA) is 64.3 Å². The van der Waals surface area contributed by atoms with Gasteiger partial charge in [-0.3, -0.25) is 4.79 Å². The molecule has 4 heteroatoms. The number of benzene rings is 1. The molecule has 1 aromatic carbocycles. The molecule has 0 heterocycles. The number of unbranched alkanes of at least 4 members (excludes halogenated alkanes) is 1. The Labute approximate surface area is 109 Å². The van der Waals surface area contributed by atoms with E-state index in [0.717, 1.165) is 30.6 Å². The fraction of sp³-hybridized carbons (Fsp3) is 0.500. The van der Waals surface area contributed by atoms with Crippen molar-refractivity contribution in [3.63, 3.8) is 0 Å². The van der Waals surface area contributed by atoms with Crippen molar-refractivity contribution >= 4 is 11.7 Å². The molecule has 0 saturated carbocycles. The lowest BCUT2D eigenvalue weighted by molar-refractivity contribution is -0.143. The lowest BCUT2D eigenvalue weighted by Crippen LogP contribution is -2.19. The van der Waals surface area contributed by atoms with Gasteiger partial charge in [-0.15, -0.1) is 0 Å². The van der Waals surface area contributed by atoms with Gasteiger partial charge in [-0.25, -0.2) is 0 Å². The van der Waals surface area contributed by atoms with Crippen LogP contribution in [0.15, 0.2) is 24.3 Å². The molecule has 0 atom stereocenters. The third kappa shape index (κ3) is 6.25. The van der Waals surface area contributed by atoms with E-state index in [9.17, 15) is 4.79 Å². The van der Waals surface area contributed by atoms with Crippen molar-refractivity contribution in [2.45, 2.75) is 32.7 Å². The fourth-order valence-corrected chi connectivity index (χ4v) is 1.46. The molecule has 18 heavy (non-hydrogen) atoms. The number of esters is 1. The number of nitrogens with one attached hydrogen (secondary N) is 1. The van der Waals surface area contributed by atoms with Gasteiger partial charge in [0.1, 0.15) is 0 Å². The Morgan fingerprint density at radius 1 is 1.33 bits per heavy atom. The quantitative estimate of drug-likeness (QED) is 0.421. The van der Waals surface area contributed by atoms with Crippen LogP contribution in [0.4, 0.5) is 5.69 Å². The van der Waals surface area contributed by atoms with E-state index < -0.39 is 0 Å². The van der Waals surface area contributed by atoms with Crippen molar-refractivity contribution in [2.24, 2.45) is 0 Å². The molecule has 4 nitrogen and oxygen atoms in total. The summed E-state index contributed by atoms with van der Waals surface area (Å²) in [5.74, 6) is -0.131. The largest absolute Gasteiger partial charge is 0.466 e. The summed E-state index contributed by atoms with van der Waals surface area (Å²) in [4.78, 5) is 11.3. The fourth-order valence-electron chi connectivity index (χ4n) is 1.46. The Morgan fingerprint density at radius 2 is 2.06 bits per heavy atom. The van der Waals surface area contributed by atoms with E-state index >= 15 is 0 Å². The van der Waals surface area contributed by atoms with Crippen LogP contribution in [-0.2, 0) is 16.1 Å². The molecule has 0 fully saturated rings. The number of hydrogen-bond donors (Lipinski definition) is 2. The average Bonchev–Trinajstić information content (AvgIpc) is 2.37. The number of carbonyl (C=O) groups is 1. The van der Waals surface area contributed by atoms with Gasteiger partial charge in [-0.2, -0.15) is 0 Å². The second-order valence-corrected chi connectivity index (χ2v) is 4.24. The monoisotopic (exact) mass is 250 g/mol. The Kier molecular flexibility index (Phi) is 6.87. The summed E-state index contributed by atoms with van der Waals surface area (Å²) in [6.07, 6.45) is 2.39. The molecule has 100 valence electrons. The van der Waals surface area contributed by atoms with Crippen LogP contribution in [0.3, 0.4) is 0 Å². The molecule has 0 aliphatic carbocycles. The maximum Gasteiger partial charge on any atom is 0.307 e. The van der Waals surface area contributed by atoms with E-state index in [4.69, 9.17) is 10.5 Å². The highest BCUT2D eigenvalue weighted by atomic mass is 16.5. The first-order valence-corrected chi connectivity index (χ1v) is 6.43. The molecule has 1 rings (SSSR count). The van der Waals surface area contributed by atoms with Gasteiger partial charge in [0.25, 0.3) is 0 Å². The minimum Gasteiger partial charge on any atom is -0.466 e. The molecule has 1 aromatic rings. The molecule has 0 saturated heterocycles. The Morgan fingerprint density at radius 3 is 2.72 bits per heavy atom. The van der Waals surface area contributed by atoms with Crippen LogP contribution in [0.25, 0.3) is 0 Å². The van der Waals surface area contributed by atoms with E-state index in [1.54, 1.807) is 0 Å². The van der Waals surface area contributed by atoms with Gasteiger partial charge in [0.05, 0.1) is 13.0 Å². The molecule has 0 bridgehead atoms. The summed E-state index contributed by atoms with van der Waals surface area (Å²) in [5, 5.41) is 3.20. The highest BCUT2D eigenvalue weighted by Gasteiger charge is 2.01. The van der Waals surface area contributed by atoms with Crippen LogP contribution < -0.4 is 11.1 Å². The smallest absolute Gasteiger partial charge is 0.307 e. The predicted octanol–water partition coefficient (Wildman–Crippen LogP) is 2.09. The third-order valence-corrected chi connectivity index (χ3v) is 2.58. The van der Waals surface area contributed by atoms with Crippen LogP contribution in [-0.4, -0.2) is 19.1 Å². The Balaban J connectivity index is 2.07. The number of nitrogen functional groups attached to an aromatic ring is 1. The van der Waals surface area contributed by atoms with Crippen molar-refractivity contribution in [3.8, 4) is 0 Å². The van der Waals surface area contributed by atoms with Crippen molar-refractivity contribution in [2.75, 3.05) is 18.9 Å². The molecule has 0 radical (unpaired) electrons. The summed E-state index contributed by atoms with van der Waals surface area (Å²) in [7, 11) is 0. The maximum absolute atomic E-state index is 11.3. The number of nitrogens with two attached hydrogens (primary N) is 1. The third-order valence-electron chi connectivity index (χ3n) is 2.58. The SMILES string of the molecule is CCCCOC(=O)CCNCc1ccc(N)cc1. The van der Waals surface area contributed by atoms with E-state index in [1.165, 1.54) is 0 Å². The van der Waals surface area contributed by atoms with Crippen LogP contribution in [0.2, 0.25) is 0 Å². The van der Waals surface area contributed by atoms with Gasteiger partial charge in [0.15, 0.2) is 0 Å². The standard InChI is InChI=1S/C14H22N2O2/c1-2-3-10-18-14(17)8-9-16-11-12-4-6-13(15)7-5-12/h4-7,16H,2-3,8-11,15H2,1H3. The molecule has 3 N–H and O–H groups in total. The molecular formula is C14H22N2O2. The first-order chi connectivity index (χ1) is 8.72. The molecular weight excluding hydrogens is 228 g/mol.